The largest absolute Gasteiger partial charge is 0.480 e. The molecule has 0 aliphatic carbocycles. The zero-order valence-corrected chi connectivity index (χ0v) is 12.8. The van der Waals surface area contributed by atoms with Crippen molar-refractivity contribution in [3.8, 4) is 0 Å². The topological polar surface area (TPSA) is 92.7 Å². The lowest BCUT2D eigenvalue weighted by Crippen LogP contribution is -2.42. The molecule has 0 bridgehead atoms. The van der Waals surface area contributed by atoms with E-state index < -0.39 is 23.9 Å². The van der Waals surface area contributed by atoms with E-state index in [-0.39, 0.29) is 25.9 Å². The molecule has 22 heavy (non-hydrogen) atoms. The molecular formula is C16H21NO5. The van der Waals surface area contributed by atoms with E-state index in [0.29, 0.717) is 0 Å². The highest BCUT2D eigenvalue weighted by atomic mass is 16.5. The predicted molar refractivity (Wildman–Crippen MR) is 80.3 cm³/mol. The quantitative estimate of drug-likeness (QED) is 0.709. The summed E-state index contributed by atoms with van der Waals surface area (Å²) in [6, 6.07) is 6.39. The molecule has 0 radical (unpaired) electrons. The molecule has 1 atom stereocenters. The van der Waals surface area contributed by atoms with E-state index in [4.69, 9.17) is 4.74 Å². The van der Waals surface area contributed by atoms with E-state index in [2.05, 4.69) is 5.32 Å². The Morgan fingerprint density at radius 3 is 2.50 bits per heavy atom. The van der Waals surface area contributed by atoms with Gasteiger partial charge in [-0.25, -0.2) is 4.79 Å². The highest BCUT2D eigenvalue weighted by Crippen LogP contribution is 2.10. The Bertz CT molecular complexity index is 541. The number of carbonyl (C=O) groups is 3. The fourth-order valence-electron chi connectivity index (χ4n) is 1.97. The number of aryl methyl sites for hydroxylation is 1. The third-order valence-corrected chi connectivity index (χ3v) is 3.18. The molecule has 0 saturated carbocycles. The maximum atomic E-state index is 11.8. The average Bonchev–Trinajstić information content (AvgIpc) is 2.47. The molecule has 1 aromatic rings. The lowest BCUT2D eigenvalue weighted by molar-refractivity contribution is -0.144. The first-order valence-electron chi connectivity index (χ1n) is 7.16. The number of carboxylic acid groups (broad SMARTS) is 1. The van der Waals surface area contributed by atoms with Crippen molar-refractivity contribution in [1.29, 1.82) is 0 Å². The first kappa shape index (κ1) is 17.7. The molecule has 6 heteroatoms. The number of hydrogen-bond donors (Lipinski definition) is 2. The second-order valence-electron chi connectivity index (χ2n) is 4.89. The van der Waals surface area contributed by atoms with Crippen LogP contribution in [-0.4, -0.2) is 35.6 Å². The van der Waals surface area contributed by atoms with E-state index in [0.717, 1.165) is 11.1 Å². The molecule has 1 rings (SSSR count). The van der Waals surface area contributed by atoms with Crippen molar-refractivity contribution in [2.45, 2.75) is 39.2 Å². The van der Waals surface area contributed by atoms with Crippen molar-refractivity contribution in [1.82, 2.24) is 5.32 Å². The van der Waals surface area contributed by atoms with E-state index in [1.165, 1.54) is 0 Å². The number of esters is 1. The third kappa shape index (κ3) is 5.95. The van der Waals surface area contributed by atoms with Crippen molar-refractivity contribution in [3.05, 3.63) is 35.4 Å². The molecule has 0 aromatic heterocycles. The minimum atomic E-state index is -1.10. The van der Waals surface area contributed by atoms with Crippen LogP contribution >= 0.6 is 0 Å². The Morgan fingerprint density at radius 2 is 1.91 bits per heavy atom. The van der Waals surface area contributed by atoms with Crippen LogP contribution in [0.1, 0.15) is 30.9 Å². The van der Waals surface area contributed by atoms with Crippen molar-refractivity contribution in [3.63, 3.8) is 0 Å². The minimum absolute atomic E-state index is 0.0591. The van der Waals surface area contributed by atoms with Gasteiger partial charge in [0.2, 0.25) is 5.91 Å². The summed E-state index contributed by atoms with van der Waals surface area (Å²) in [4.78, 5) is 34.2. The molecule has 1 aromatic carbocycles. The summed E-state index contributed by atoms with van der Waals surface area (Å²) >= 11 is 0. The van der Waals surface area contributed by atoms with Crippen molar-refractivity contribution in [2.24, 2.45) is 0 Å². The Hall–Kier alpha value is -2.37. The van der Waals surface area contributed by atoms with Gasteiger partial charge in [0.15, 0.2) is 0 Å². The van der Waals surface area contributed by atoms with Crippen LogP contribution in [0.15, 0.2) is 24.3 Å². The lowest BCUT2D eigenvalue weighted by atomic mass is 10.0. The maximum absolute atomic E-state index is 11.8. The Morgan fingerprint density at radius 1 is 1.23 bits per heavy atom. The van der Waals surface area contributed by atoms with Gasteiger partial charge < -0.3 is 15.2 Å². The molecule has 0 fully saturated rings. The smallest absolute Gasteiger partial charge is 0.326 e. The predicted octanol–water partition coefficient (Wildman–Crippen LogP) is 1.45. The lowest BCUT2D eigenvalue weighted by Gasteiger charge is -2.15. The number of rotatable bonds is 8. The summed E-state index contributed by atoms with van der Waals surface area (Å²) in [5.41, 5.74) is 1.83. The molecule has 120 valence electrons. The van der Waals surface area contributed by atoms with Gasteiger partial charge in [0, 0.05) is 12.8 Å². The monoisotopic (exact) mass is 307 g/mol. The summed E-state index contributed by atoms with van der Waals surface area (Å²) in [5.74, 6) is -2.05. The second-order valence-corrected chi connectivity index (χ2v) is 4.89. The SMILES string of the molecule is CCOC(=O)CCC(=O)N[C@@H](Cc1ccccc1C)C(=O)O. The molecule has 0 spiro atoms. The van der Waals surface area contributed by atoms with Gasteiger partial charge >= 0.3 is 11.9 Å². The number of carboxylic acids is 1. The summed E-state index contributed by atoms with van der Waals surface area (Å²) < 4.78 is 4.72. The van der Waals surface area contributed by atoms with E-state index in [1.54, 1.807) is 6.92 Å². The summed E-state index contributed by atoms with van der Waals surface area (Å²) in [5, 5.41) is 11.7. The van der Waals surface area contributed by atoms with Crippen molar-refractivity contribution >= 4 is 17.8 Å². The molecule has 2 N–H and O–H groups in total. The molecule has 0 heterocycles. The highest BCUT2D eigenvalue weighted by Gasteiger charge is 2.21. The fraction of sp³-hybridized carbons (Fsp3) is 0.438. The van der Waals surface area contributed by atoms with Crippen LogP contribution in [-0.2, 0) is 25.5 Å². The zero-order valence-electron chi connectivity index (χ0n) is 12.8. The summed E-state index contributed by atoms with van der Waals surface area (Å²) in [6.45, 7) is 3.82. The Kier molecular flexibility index (Phi) is 7.08. The summed E-state index contributed by atoms with van der Waals surface area (Å²) in [6.07, 6.45) is 0.0555. The summed E-state index contributed by atoms with van der Waals surface area (Å²) in [7, 11) is 0. The van der Waals surface area contributed by atoms with Crippen LogP contribution in [0.3, 0.4) is 0 Å². The van der Waals surface area contributed by atoms with E-state index >= 15 is 0 Å². The molecule has 0 saturated heterocycles. The van der Waals surface area contributed by atoms with Crippen LogP contribution in [0.4, 0.5) is 0 Å². The average molecular weight is 307 g/mol. The van der Waals surface area contributed by atoms with Crippen molar-refractivity contribution in [2.75, 3.05) is 6.61 Å². The maximum Gasteiger partial charge on any atom is 0.326 e. The van der Waals surface area contributed by atoms with Gasteiger partial charge in [-0.2, -0.15) is 0 Å². The molecule has 0 aliphatic rings. The van der Waals surface area contributed by atoms with Gasteiger partial charge in [-0.05, 0) is 25.0 Å². The molecule has 0 unspecified atom stereocenters. The number of amides is 1. The molecule has 6 nitrogen and oxygen atoms in total. The van der Waals surface area contributed by atoms with Crippen LogP contribution in [0, 0.1) is 6.92 Å². The third-order valence-electron chi connectivity index (χ3n) is 3.18. The Balaban J connectivity index is 2.58. The zero-order chi connectivity index (χ0) is 16.5. The first-order chi connectivity index (χ1) is 10.4. The van der Waals surface area contributed by atoms with Crippen LogP contribution < -0.4 is 5.32 Å². The van der Waals surface area contributed by atoms with Crippen LogP contribution in [0.25, 0.3) is 0 Å². The number of aliphatic carboxylic acids is 1. The normalized spacial score (nSPS) is 11.5. The van der Waals surface area contributed by atoms with Crippen LogP contribution in [0.2, 0.25) is 0 Å². The molecule has 1 amide bonds. The standard InChI is InChI=1S/C16H21NO5/c1-3-22-15(19)9-8-14(18)17-13(16(20)21)10-12-7-5-4-6-11(12)2/h4-7,13H,3,8-10H2,1-2H3,(H,17,18)(H,20,21)/t13-/m0/s1. The number of nitrogens with one attached hydrogen (secondary N) is 1. The van der Waals surface area contributed by atoms with Gasteiger partial charge in [-0.1, -0.05) is 24.3 Å². The van der Waals surface area contributed by atoms with E-state index in [9.17, 15) is 19.5 Å². The number of hydrogen-bond acceptors (Lipinski definition) is 4. The number of benzene rings is 1. The van der Waals surface area contributed by atoms with Crippen LogP contribution in [0.5, 0.6) is 0 Å². The van der Waals surface area contributed by atoms with Crippen molar-refractivity contribution < 1.29 is 24.2 Å². The van der Waals surface area contributed by atoms with Gasteiger partial charge in [0.25, 0.3) is 0 Å². The highest BCUT2D eigenvalue weighted by molar-refractivity contribution is 5.85. The van der Waals surface area contributed by atoms with E-state index in [1.807, 2.05) is 31.2 Å². The number of carbonyl (C=O) groups excluding carboxylic acids is 2. The second kappa shape index (κ2) is 8.81. The Labute approximate surface area is 129 Å². The molecule has 0 aliphatic heterocycles. The van der Waals surface area contributed by atoms with Gasteiger partial charge in [-0.15, -0.1) is 0 Å². The molecular weight excluding hydrogens is 286 g/mol. The minimum Gasteiger partial charge on any atom is -0.480 e. The first-order valence-corrected chi connectivity index (χ1v) is 7.16. The fourth-order valence-corrected chi connectivity index (χ4v) is 1.97. The number of ether oxygens (including phenoxy) is 1. The van der Waals surface area contributed by atoms with Gasteiger partial charge in [0.1, 0.15) is 6.04 Å². The van der Waals surface area contributed by atoms with Gasteiger partial charge in [0.05, 0.1) is 13.0 Å². The van der Waals surface area contributed by atoms with Gasteiger partial charge in [-0.3, -0.25) is 9.59 Å².